The summed E-state index contributed by atoms with van der Waals surface area (Å²) in [5.74, 6) is 5.36. The molecule has 0 unspecified atom stereocenters. The number of aromatic nitrogens is 4. The molecule has 2 aromatic rings. The van der Waals surface area contributed by atoms with E-state index < -0.39 is 0 Å². The number of nitriles is 5. The summed E-state index contributed by atoms with van der Waals surface area (Å²) in [4.78, 5) is 25.8. The highest BCUT2D eigenvalue weighted by molar-refractivity contribution is 6.54. The van der Waals surface area contributed by atoms with E-state index in [2.05, 4.69) is 41.8 Å². The van der Waals surface area contributed by atoms with Crippen molar-refractivity contribution in [2.75, 3.05) is 0 Å². The Morgan fingerprint density at radius 1 is 0.562 bits per heavy atom. The summed E-state index contributed by atoms with van der Waals surface area (Å²) < 4.78 is 0. The number of hydrogen-bond donors (Lipinski definition) is 0. The van der Waals surface area contributed by atoms with Crippen LogP contribution in [0.4, 0.5) is 0 Å². The Balaban J connectivity index is 2.45. The van der Waals surface area contributed by atoms with Crippen molar-refractivity contribution < 1.29 is 0 Å². The molecule has 2 bridgehead atoms. The lowest BCUT2D eigenvalue weighted by molar-refractivity contribution is 0.977. The van der Waals surface area contributed by atoms with Crippen molar-refractivity contribution in [1.29, 1.82) is 26.3 Å². The predicted octanol–water partition coefficient (Wildman–Crippen LogP) is -0.897. The maximum absolute atomic E-state index is 9.53. The smallest absolute Gasteiger partial charge is 0.177 e. The summed E-state index contributed by atoms with van der Waals surface area (Å²) in [6.07, 6.45) is -0.0276. The van der Waals surface area contributed by atoms with Crippen molar-refractivity contribution in [3.05, 3.63) is 44.2 Å². The second-order valence-corrected chi connectivity index (χ2v) is 6.16. The average molecular weight is 411 g/mol. The minimum absolute atomic E-state index is 0.0276. The Labute approximate surface area is 179 Å². The van der Waals surface area contributed by atoms with Gasteiger partial charge in [0.25, 0.3) is 0 Å². The Morgan fingerprint density at radius 2 is 0.969 bits per heavy atom. The van der Waals surface area contributed by atoms with E-state index in [9.17, 15) is 26.3 Å². The van der Waals surface area contributed by atoms with Gasteiger partial charge in [0.1, 0.15) is 51.7 Å². The Kier molecular flexibility index (Phi) is 4.64. The molecule has 0 radical (unpaired) electrons. The highest BCUT2D eigenvalue weighted by Gasteiger charge is 2.23. The average Bonchev–Trinajstić information content (AvgIpc) is 3.08. The fourth-order valence-corrected chi connectivity index (χ4v) is 3.09. The van der Waals surface area contributed by atoms with Gasteiger partial charge in [-0.1, -0.05) is 5.92 Å². The maximum atomic E-state index is 9.53. The van der Waals surface area contributed by atoms with Gasteiger partial charge in [-0.3, -0.25) is 0 Å². The number of hydrogen-bond acceptors (Lipinski definition) is 11. The highest BCUT2D eigenvalue weighted by Crippen LogP contribution is 2.20. The Morgan fingerprint density at radius 3 is 1.38 bits per heavy atom. The third-order valence-electron chi connectivity index (χ3n) is 4.39. The molecule has 0 atom stereocenters. The van der Waals surface area contributed by atoms with Crippen LogP contribution in [0.2, 0.25) is 0 Å². The van der Waals surface area contributed by atoms with E-state index in [1.165, 1.54) is 0 Å². The first kappa shape index (κ1) is 19.6. The number of nitrogens with zero attached hydrogens (tertiary/aromatic N) is 11. The van der Waals surface area contributed by atoms with Crippen LogP contribution in [0.15, 0.2) is 9.98 Å². The molecule has 2 aromatic heterocycles. The molecule has 2 aliphatic rings. The number of rotatable bonds is 0. The van der Waals surface area contributed by atoms with Crippen LogP contribution in [0.3, 0.4) is 0 Å². The first-order chi connectivity index (χ1) is 15.6. The van der Waals surface area contributed by atoms with E-state index in [0.717, 1.165) is 0 Å². The van der Waals surface area contributed by atoms with E-state index in [1.54, 1.807) is 6.92 Å². The fraction of sp³-hybridized carbons (Fsp3) is 0.0952. The van der Waals surface area contributed by atoms with Crippen molar-refractivity contribution in [2.45, 2.75) is 13.3 Å². The first-order valence-corrected chi connectivity index (χ1v) is 8.76. The van der Waals surface area contributed by atoms with Crippen LogP contribution in [-0.4, -0.2) is 31.4 Å². The van der Waals surface area contributed by atoms with Crippen LogP contribution >= 0.6 is 0 Å². The molecule has 1 aliphatic heterocycles. The van der Waals surface area contributed by atoms with Gasteiger partial charge in [-0.25, -0.2) is 29.9 Å². The van der Waals surface area contributed by atoms with Crippen LogP contribution in [0.5, 0.6) is 0 Å². The number of aliphatic imine (C=N–C) groups is 2. The minimum atomic E-state index is -0.251. The molecule has 11 heteroatoms. The molecule has 11 nitrogen and oxygen atoms in total. The Hall–Kier alpha value is -5.75. The second kappa shape index (κ2) is 7.58. The molecular weight excluding hydrogens is 406 g/mol. The minimum Gasteiger partial charge on any atom is -0.236 e. The molecule has 32 heavy (non-hydrogen) atoms. The molecule has 0 amide bonds. The lowest BCUT2D eigenvalue weighted by atomic mass is 10.2. The fourth-order valence-electron chi connectivity index (χ4n) is 3.09. The maximum Gasteiger partial charge on any atom is 0.177 e. The van der Waals surface area contributed by atoms with Gasteiger partial charge in [0.05, 0.1) is 11.4 Å². The third-order valence-corrected chi connectivity index (χ3v) is 4.39. The van der Waals surface area contributed by atoms with Crippen LogP contribution in [0.25, 0.3) is 11.4 Å². The lowest BCUT2D eigenvalue weighted by Gasteiger charge is -2.00. The van der Waals surface area contributed by atoms with Gasteiger partial charge < -0.3 is 0 Å². The van der Waals surface area contributed by atoms with E-state index >= 15 is 0 Å². The van der Waals surface area contributed by atoms with Gasteiger partial charge >= 0.3 is 0 Å². The van der Waals surface area contributed by atoms with Crippen LogP contribution < -0.4 is 10.7 Å². The molecule has 1 aliphatic carbocycles. The van der Waals surface area contributed by atoms with Crippen LogP contribution in [0.1, 0.15) is 36.1 Å². The molecule has 0 saturated carbocycles. The molecule has 144 valence electrons. The predicted molar refractivity (Wildman–Crippen MR) is 105 cm³/mol. The normalized spacial score (nSPS) is 12.9. The molecular formula is C21H5N11. The zero-order valence-electron chi connectivity index (χ0n) is 16.1. The van der Waals surface area contributed by atoms with Gasteiger partial charge in [-0.2, -0.15) is 26.3 Å². The highest BCUT2D eigenvalue weighted by atomic mass is 14.9. The van der Waals surface area contributed by atoms with Crippen molar-refractivity contribution in [2.24, 2.45) is 9.98 Å². The molecule has 3 heterocycles. The quantitative estimate of drug-likeness (QED) is 0.493. The zero-order valence-corrected chi connectivity index (χ0v) is 16.1. The van der Waals surface area contributed by atoms with Gasteiger partial charge in [0.2, 0.25) is 0 Å². The SMILES string of the molecule is CC#Cc1nc2c(nc1C#N)=C1CC(=c3nc(C#N)c(C#N)nc3=2)N=C(C#N)C(C#N)=N1. The van der Waals surface area contributed by atoms with Gasteiger partial charge in [0, 0.05) is 6.42 Å². The van der Waals surface area contributed by atoms with Crippen LogP contribution in [0, 0.1) is 79.2 Å². The molecule has 0 aromatic carbocycles. The van der Waals surface area contributed by atoms with Crippen LogP contribution in [-0.2, 0) is 0 Å². The van der Waals surface area contributed by atoms with Crippen molar-refractivity contribution in [1.82, 2.24) is 19.9 Å². The van der Waals surface area contributed by atoms with Gasteiger partial charge in [0.15, 0.2) is 34.2 Å². The summed E-state index contributed by atoms with van der Waals surface area (Å²) in [5, 5.41) is 47.7. The summed E-state index contributed by atoms with van der Waals surface area (Å²) in [6.45, 7) is 1.57. The lowest BCUT2D eigenvalue weighted by Crippen LogP contribution is -2.23. The first-order valence-electron chi connectivity index (χ1n) is 8.76. The summed E-state index contributed by atoms with van der Waals surface area (Å²) in [6, 6.07) is 9.21. The number of fused-ring (bicyclic) bond motifs is 4. The van der Waals surface area contributed by atoms with E-state index in [-0.39, 0.29) is 73.4 Å². The molecule has 4 rings (SSSR count). The van der Waals surface area contributed by atoms with Crippen molar-refractivity contribution in [3.8, 4) is 42.2 Å². The van der Waals surface area contributed by atoms with Crippen molar-refractivity contribution in [3.63, 3.8) is 0 Å². The topological polar surface area (TPSA) is 195 Å². The molecule has 0 fully saturated rings. The molecule has 0 N–H and O–H groups in total. The standard InChI is InChI=1S/C21H5N11/c1-2-3-10-13(5-22)30-18-11-4-12(28-15(7-24)14(6-23)27-11)19-21(20(18)29-10)32-17(9-26)16(8-25)31-19/h4H2,1H3. The summed E-state index contributed by atoms with van der Waals surface area (Å²) in [5.41, 5.74) is -0.569. The Bertz CT molecular complexity index is 1810. The second-order valence-electron chi connectivity index (χ2n) is 6.16. The van der Waals surface area contributed by atoms with E-state index in [1.807, 2.05) is 30.3 Å². The van der Waals surface area contributed by atoms with E-state index in [0.29, 0.717) is 0 Å². The summed E-state index contributed by atoms with van der Waals surface area (Å²) >= 11 is 0. The van der Waals surface area contributed by atoms with E-state index in [4.69, 9.17) is 0 Å². The monoisotopic (exact) mass is 411 g/mol. The van der Waals surface area contributed by atoms with Crippen molar-refractivity contribution >= 4 is 22.8 Å². The molecule has 0 spiro atoms. The van der Waals surface area contributed by atoms with Gasteiger partial charge in [-0.05, 0) is 12.8 Å². The largest absolute Gasteiger partial charge is 0.236 e. The summed E-state index contributed by atoms with van der Waals surface area (Å²) in [7, 11) is 0. The third kappa shape index (κ3) is 2.90. The zero-order chi connectivity index (χ0) is 22.8. The molecule has 0 saturated heterocycles. The van der Waals surface area contributed by atoms with Gasteiger partial charge in [-0.15, -0.1) is 0 Å².